The lowest BCUT2D eigenvalue weighted by Crippen LogP contribution is -2.27. The number of carbonyl (C=O) groups is 1. The van der Waals surface area contributed by atoms with Crippen molar-refractivity contribution in [2.45, 2.75) is 25.7 Å². The molecule has 0 saturated heterocycles. The van der Waals surface area contributed by atoms with Crippen LogP contribution in [-0.2, 0) is 26.1 Å². The molecular weight excluding hydrogens is 378 g/mol. The summed E-state index contributed by atoms with van der Waals surface area (Å²) >= 11 is 0. The van der Waals surface area contributed by atoms with E-state index in [0.29, 0.717) is 19.6 Å². The van der Waals surface area contributed by atoms with Gasteiger partial charge < -0.3 is 14.7 Å². The Bertz CT molecular complexity index is 850. The van der Waals surface area contributed by atoms with E-state index in [2.05, 4.69) is 0 Å². The number of hydrogen-bond acceptors (Lipinski definition) is 6. The van der Waals surface area contributed by atoms with E-state index in [-0.39, 0.29) is 30.0 Å². The molecule has 6 nitrogen and oxygen atoms in total. The molecule has 0 aliphatic carbocycles. The van der Waals surface area contributed by atoms with Crippen LogP contribution >= 0.6 is 0 Å². The maximum absolute atomic E-state index is 12.0. The number of ether oxygens (including phenoxy) is 1. The molecule has 7 heteroatoms. The highest BCUT2D eigenvalue weighted by atomic mass is 32.2. The minimum atomic E-state index is -3.58. The highest BCUT2D eigenvalue weighted by molar-refractivity contribution is 7.86. The zero-order chi connectivity index (χ0) is 20.6. The summed E-state index contributed by atoms with van der Waals surface area (Å²) in [4.78, 5) is 12.0. The van der Waals surface area contributed by atoms with Crippen LogP contribution in [0.4, 0.5) is 0 Å². The Morgan fingerprint density at radius 1 is 1.07 bits per heavy atom. The third kappa shape index (κ3) is 6.98. The molecular formula is C21H27NO5S. The molecule has 28 heavy (non-hydrogen) atoms. The maximum Gasteiger partial charge on any atom is 0.306 e. The van der Waals surface area contributed by atoms with Gasteiger partial charge in [-0.2, -0.15) is 8.42 Å². The fourth-order valence-electron chi connectivity index (χ4n) is 3.19. The maximum atomic E-state index is 12.0. The number of rotatable bonds is 10. The molecule has 2 aromatic carbocycles. The molecule has 0 spiro atoms. The average Bonchev–Trinajstić information content (AvgIpc) is 2.65. The van der Waals surface area contributed by atoms with Crippen LogP contribution in [0.15, 0.2) is 54.6 Å². The van der Waals surface area contributed by atoms with Crippen molar-refractivity contribution in [2.24, 2.45) is 11.7 Å². The Balaban J connectivity index is 2.29. The van der Waals surface area contributed by atoms with E-state index < -0.39 is 10.1 Å². The van der Waals surface area contributed by atoms with Gasteiger partial charge in [-0.05, 0) is 55.0 Å². The van der Waals surface area contributed by atoms with Crippen molar-refractivity contribution in [3.05, 3.63) is 65.7 Å². The van der Waals surface area contributed by atoms with Crippen molar-refractivity contribution in [1.82, 2.24) is 0 Å². The van der Waals surface area contributed by atoms with Gasteiger partial charge in [0.25, 0.3) is 0 Å². The van der Waals surface area contributed by atoms with Crippen molar-refractivity contribution in [1.29, 1.82) is 0 Å². The zero-order valence-corrected chi connectivity index (χ0v) is 17.0. The van der Waals surface area contributed by atoms with Crippen LogP contribution in [0.25, 0.3) is 0 Å². The third-order valence-electron chi connectivity index (χ3n) is 4.46. The Hall–Kier alpha value is -2.38. The van der Waals surface area contributed by atoms with Gasteiger partial charge in [0.2, 0.25) is 0 Å². The van der Waals surface area contributed by atoms with Gasteiger partial charge in [0, 0.05) is 0 Å². The Morgan fingerprint density at radius 2 is 1.71 bits per heavy atom. The van der Waals surface area contributed by atoms with Crippen molar-refractivity contribution < 1.29 is 22.1 Å². The molecule has 2 aromatic rings. The monoisotopic (exact) mass is 405 g/mol. The second-order valence-electron chi connectivity index (χ2n) is 6.66. The second kappa shape index (κ2) is 10.2. The molecule has 0 fully saturated rings. The first-order valence-corrected chi connectivity index (χ1v) is 11.0. The lowest BCUT2D eigenvalue weighted by Gasteiger charge is -2.26. The van der Waals surface area contributed by atoms with Gasteiger partial charge in [-0.15, -0.1) is 0 Å². The van der Waals surface area contributed by atoms with Gasteiger partial charge in [0.15, 0.2) is 0 Å². The van der Waals surface area contributed by atoms with Gasteiger partial charge in [-0.25, -0.2) is 0 Å². The smallest absolute Gasteiger partial charge is 0.306 e. The van der Waals surface area contributed by atoms with Gasteiger partial charge in [-0.3, -0.25) is 4.79 Å². The Morgan fingerprint density at radius 3 is 2.25 bits per heavy atom. The normalized spacial score (nSPS) is 13.5. The third-order valence-corrected chi connectivity index (χ3v) is 4.96. The van der Waals surface area contributed by atoms with E-state index in [1.165, 1.54) is 0 Å². The fourth-order valence-corrected chi connectivity index (χ4v) is 3.65. The van der Waals surface area contributed by atoms with E-state index in [9.17, 15) is 13.2 Å². The predicted octanol–water partition coefficient (Wildman–Crippen LogP) is 2.88. The summed E-state index contributed by atoms with van der Waals surface area (Å²) in [7, 11) is -3.58. The number of carbonyl (C=O) groups excluding carboxylic acids is 1. The molecule has 152 valence electrons. The van der Waals surface area contributed by atoms with Crippen LogP contribution in [0.1, 0.15) is 30.4 Å². The zero-order valence-electron chi connectivity index (χ0n) is 16.2. The minimum Gasteiger partial charge on any atom is -0.466 e. The first-order chi connectivity index (χ1) is 13.3. The summed E-state index contributed by atoms with van der Waals surface area (Å²) < 4.78 is 32.6. The van der Waals surface area contributed by atoms with Crippen molar-refractivity contribution in [2.75, 3.05) is 19.4 Å². The minimum absolute atomic E-state index is 0.0240. The van der Waals surface area contributed by atoms with Crippen LogP contribution in [0.2, 0.25) is 0 Å². The molecule has 2 atom stereocenters. The Kier molecular flexibility index (Phi) is 8.02. The molecule has 2 rings (SSSR count). The van der Waals surface area contributed by atoms with Crippen LogP contribution < -0.4 is 9.92 Å². The summed E-state index contributed by atoms with van der Waals surface area (Å²) in [5.41, 5.74) is 8.10. The SMILES string of the molecule is CCOC(=O)CC(CN)C(Cc1ccccc1)c1ccc(OS(C)(=O)=O)cc1. The van der Waals surface area contributed by atoms with Crippen LogP contribution in [0.3, 0.4) is 0 Å². The van der Waals surface area contributed by atoms with Crippen molar-refractivity contribution in [3.8, 4) is 5.75 Å². The molecule has 0 heterocycles. The second-order valence-corrected chi connectivity index (χ2v) is 8.23. The number of nitrogens with two attached hydrogens (primary N) is 1. The highest BCUT2D eigenvalue weighted by Gasteiger charge is 2.26. The van der Waals surface area contributed by atoms with Crippen LogP contribution in [-0.4, -0.2) is 33.8 Å². The van der Waals surface area contributed by atoms with Crippen molar-refractivity contribution >= 4 is 16.1 Å². The van der Waals surface area contributed by atoms with Crippen molar-refractivity contribution in [3.63, 3.8) is 0 Å². The highest BCUT2D eigenvalue weighted by Crippen LogP contribution is 2.32. The lowest BCUT2D eigenvalue weighted by molar-refractivity contribution is -0.144. The summed E-state index contributed by atoms with van der Waals surface area (Å²) in [6, 6.07) is 16.8. The molecule has 0 aliphatic heterocycles. The molecule has 0 aliphatic rings. The van der Waals surface area contributed by atoms with E-state index in [4.69, 9.17) is 14.7 Å². The lowest BCUT2D eigenvalue weighted by atomic mass is 9.80. The average molecular weight is 406 g/mol. The fraction of sp³-hybridized carbons (Fsp3) is 0.381. The van der Waals surface area contributed by atoms with Gasteiger partial charge in [0.05, 0.1) is 19.3 Å². The number of esters is 1. The van der Waals surface area contributed by atoms with Crippen LogP contribution in [0, 0.1) is 5.92 Å². The largest absolute Gasteiger partial charge is 0.466 e. The molecule has 0 bridgehead atoms. The molecule has 2 unspecified atom stereocenters. The number of hydrogen-bond donors (Lipinski definition) is 1. The first kappa shape index (κ1) is 21.9. The predicted molar refractivity (Wildman–Crippen MR) is 109 cm³/mol. The van der Waals surface area contributed by atoms with E-state index in [0.717, 1.165) is 17.4 Å². The van der Waals surface area contributed by atoms with Gasteiger partial charge >= 0.3 is 16.1 Å². The molecule has 0 saturated carbocycles. The summed E-state index contributed by atoms with van der Waals surface area (Å²) in [5, 5.41) is 0. The standard InChI is InChI=1S/C21H27NO5S/c1-3-26-21(23)14-18(15-22)20(13-16-7-5-4-6-8-16)17-9-11-19(12-10-17)27-28(2,24)25/h4-12,18,20H,3,13-15,22H2,1-2H3. The van der Waals surface area contributed by atoms with Gasteiger partial charge in [-0.1, -0.05) is 42.5 Å². The molecule has 2 N–H and O–H groups in total. The summed E-state index contributed by atoms with van der Waals surface area (Å²) in [5.74, 6) is -0.155. The van der Waals surface area contributed by atoms with Gasteiger partial charge in [0.1, 0.15) is 5.75 Å². The quantitative estimate of drug-likeness (QED) is 0.482. The summed E-state index contributed by atoms with van der Waals surface area (Å²) in [6.45, 7) is 2.44. The Labute approximate surface area is 166 Å². The number of benzene rings is 2. The molecule has 0 aromatic heterocycles. The van der Waals surface area contributed by atoms with Crippen LogP contribution in [0.5, 0.6) is 5.75 Å². The molecule has 0 amide bonds. The summed E-state index contributed by atoms with van der Waals surface area (Å²) in [6.07, 6.45) is 1.93. The van der Waals surface area contributed by atoms with E-state index >= 15 is 0 Å². The topological polar surface area (TPSA) is 95.7 Å². The van der Waals surface area contributed by atoms with E-state index in [1.807, 2.05) is 42.5 Å². The molecule has 0 radical (unpaired) electrons. The first-order valence-electron chi connectivity index (χ1n) is 9.21. The van der Waals surface area contributed by atoms with E-state index in [1.54, 1.807) is 19.1 Å².